The summed E-state index contributed by atoms with van der Waals surface area (Å²) >= 11 is 0. The Labute approximate surface area is 142 Å². The van der Waals surface area contributed by atoms with Crippen LogP contribution in [0.25, 0.3) is 5.69 Å². The largest absolute Gasteiger partial charge is 0.395 e. The Morgan fingerprint density at radius 1 is 1.12 bits per heavy atom. The van der Waals surface area contributed by atoms with Crippen molar-refractivity contribution in [1.29, 1.82) is 0 Å². The van der Waals surface area contributed by atoms with Gasteiger partial charge in [0.2, 0.25) is 0 Å². The number of aliphatic hydroxyl groups is 1. The molecule has 0 saturated carbocycles. The number of benzene rings is 2. The minimum absolute atomic E-state index is 0.0271. The molecule has 4 heteroatoms. The maximum atomic E-state index is 9.71. The standard InChI is InChI=1S/C20H23N3O/c1-16(22-19(14-24)12-17-6-3-2-4-7-17)18-8-5-9-20(13-18)23-11-10-21-15-23/h2-11,13,15-16,19,22,24H,12,14H2,1H3. The zero-order valence-corrected chi connectivity index (χ0v) is 13.8. The summed E-state index contributed by atoms with van der Waals surface area (Å²) in [5, 5.41) is 13.2. The molecule has 3 aromatic rings. The molecule has 2 atom stereocenters. The van der Waals surface area contributed by atoms with E-state index in [9.17, 15) is 5.11 Å². The number of hydrogen-bond donors (Lipinski definition) is 2. The summed E-state index contributed by atoms with van der Waals surface area (Å²) in [4.78, 5) is 4.10. The average Bonchev–Trinajstić information content (AvgIpc) is 3.17. The summed E-state index contributed by atoms with van der Waals surface area (Å²) in [5.41, 5.74) is 3.50. The summed E-state index contributed by atoms with van der Waals surface area (Å²) in [6, 6.07) is 18.8. The van der Waals surface area contributed by atoms with Crippen LogP contribution < -0.4 is 5.32 Å². The van der Waals surface area contributed by atoms with Crippen LogP contribution >= 0.6 is 0 Å². The zero-order valence-electron chi connectivity index (χ0n) is 13.8. The molecule has 1 aromatic heterocycles. The zero-order chi connectivity index (χ0) is 16.8. The van der Waals surface area contributed by atoms with Crippen molar-refractivity contribution in [1.82, 2.24) is 14.9 Å². The third kappa shape index (κ3) is 4.10. The Bertz CT molecular complexity index is 741. The average molecular weight is 321 g/mol. The topological polar surface area (TPSA) is 50.1 Å². The van der Waals surface area contributed by atoms with Crippen molar-refractivity contribution in [3.8, 4) is 5.69 Å². The number of aromatic nitrogens is 2. The number of imidazole rings is 1. The molecule has 2 unspecified atom stereocenters. The highest BCUT2D eigenvalue weighted by Crippen LogP contribution is 2.18. The molecule has 0 bridgehead atoms. The van der Waals surface area contributed by atoms with Crippen LogP contribution in [0.4, 0.5) is 0 Å². The first-order valence-corrected chi connectivity index (χ1v) is 8.25. The molecule has 0 spiro atoms. The number of rotatable bonds is 7. The normalized spacial score (nSPS) is 13.6. The van der Waals surface area contributed by atoms with Crippen LogP contribution in [0, 0.1) is 0 Å². The van der Waals surface area contributed by atoms with Crippen LogP contribution in [0.3, 0.4) is 0 Å². The molecule has 2 N–H and O–H groups in total. The molecule has 0 saturated heterocycles. The Balaban J connectivity index is 1.69. The van der Waals surface area contributed by atoms with Crippen LogP contribution in [0.2, 0.25) is 0 Å². The van der Waals surface area contributed by atoms with Crippen molar-refractivity contribution >= 4 is 0 Å². The van der Waals surface area contributed by atoms with Gasteiger partial charge in [-0.1, -0.05) is 42.5 Å². The van der Waals surface area contributed by atoms with Crippen LogP contribution in [0.15, 0.2) is 73.3 Å². The fourth-order valence-corrected chi connectivity index (χ4v) is 2.89. The minimum Gasteiger partial charge on any atom is -0.395 e. The van der Waals surface area contributed by atoms with E-state index in [-0.39, 0.29) is 18.7 Å². The van der Waals surface area contributed by atoms with Gasteiger partial charge in [0.25, 0.3) is 0 Å². The van der Waals surface area contributed by atoms with Gasteiger partial charge in [-0.05, 0) is 36.6 Å². The van der Waals surface area contributed by atoms with E-state index in [0.717, 1.165) is 12.1 Å². The van der Waals surface area contributed by atoms with E-state index in [4.69, 9.17) is 0 Å². The number of hydrogen-bond acceptors (Lipinski definition) is 3. The lowest BCUT2D eigenvalue weighted by molar-refractivity contribution is 0.232. The first kappa shape index (κ1) is 16.4. The second-order valence-corrected chi connectivity index (χ2v) is 6.02. The molecule has 24 heavy (non-hydrogen) atoms. The van der Waals surface area contributed by atoms with E-state index in [1.54, 1.807) is 12.5 Å². The molecule has 1 heterocycles. The van der Waals surface area contributed by atoms with E-state index in [1.165, 1.54) is 11.1 Å². The fraction of sp³-hybridized carbons (Fsp3) is 0.250. The molecule has 2 aromatic carbocycles. The van der Waals surface area contributed by atoms with Gasteiger partial charge in [0, 0.05) is 30.2 Å². The molecule has 3 rings (SSSR count). The van der Waals surface area contributed by atoms with Gasteiger partial charge in [-0.2, -0.15) is 0 Å². The van der Waals surface area contributed by atoms with Crippen LogP contribution in [-0.2, 0) is 6.42 Å². The highest BCUT2D eigenvalue weighted by atomic mass is 16.3. The first-order chi connectivity index (χ1) is 11.8. The lowest BCUT2D eigenvalue weighted by Gasteiger charge is -2.22. The van der Waals surface area contributed by atoms with Crippen molar-refractivity contribution in [2.75, 3.05) is 6.61 Å². The maximum absolute atomic E-state index is 9.71. The second kappa shape index (κ2) is 7.90. The second-order valence-electron chi connectivity index (χ2n) is 6.02. The quantitative estimate of drug-likeness (QED) is 0.703. The highest BCUT2D eigenvalue weighted by Gasteiger charge is 2.14. The van der Waals surface area contributed by atoms with Gasteiger partial charge < -0.3 is 15.0 Å². The Hall–Kier alpha value is -2.43. The lowest BCUT2D eigenvalue weighted by Crippen LogP contribution is -2.36. The number of aliphatic hydroxyl groups excluding tert-OH is 1. The smallest absolute Gasteiger partial charge is 0.0991 e. The highest BCUT2D eigenvalue weighted by molar-refractivity contribution is 5.37. The number of nitrogens with zero attached hydrogens (tertiary/aromatic N) is 2. The molecule has 4 nitrogen and oxygen atoms in total. The molecular weight excluding hydrogens is 298 g/mol. The maximum Gasteiger partial charge on any atom is 0.0991 e. The van der Waals surface area contributed by atoms with Crippen LogP contribution in [-0.4, -0.2) is 27.3 Å². The molecule has 0 radical (unpaired) electrons. The van der Waals surface area contributed by atoms with Crippen molar-refractivity contribution in [2.45, 2.75) is 25.4 Å². The molecule has 0 aliphatic carbocycles. The van der Waals surface area contributed by atoms with Gasteiger partial charge >= 0.3 is 0 Å². The SMILES string of the molecule is CC(NC(CO)Cc1ccccc1)c1cccc(-n2ccnc2)c1. The van der Waals surface area contributed by atoms with E-state index in [0.29, 0.717) is 0 Å². The van der Waals surface area contributed by atoms with Gasteiger partial charge in [0.1, 0.15) is 0 Å². The lowest BCUT2D eigenvalue weighted by atomic mass is 10.0. The summed E-state index contributed by atoms with van der Waals surface area (Å²) in [7, 11) is 0. The van der Waals surface area contributed by atoms with Gasteiger partial charge in [0.15, 0.2) is 0 Å². The molecule has 0 amide bonds. The Morgan fingerprint density at radius 2 is 1.96 bits per heavy atom. The Kier molecular flexibility index (Phi) is 5.41. The summed E-state index contributed by atoms with van der Waals surface area (Å²) < 4.78 is 1.99. The third-order valence-corrected chi connectivity index (χ3v) is 4.20. The van der Waals surface area contributed by atoms with Crippen molar-refractivity contribution < 1.29 is 5.11 Å². The predicted molar refractivity (Wildman–Crippen MR) is 96.1 cm³/mol. The summed E-state index contributed by atoms with van der Waals surface area (Å²) in [5.74, 6) is 0. The van der Waals surface area contributed by atoms with Crippen molar-refractivity contribution in [2.24, 2.45) is 0 Å². The molecule has 124 valence electrons. The van der Waals surface area contributed by atoms with Crippen LogP contribution in [0.1, 0.15) is 24.1 Å². The van der Waals surface area contributed by atoms with Crippen LogP contribution in [0.5, 0.6) is 0 Å². The van der Waals surface area contributed by atoms with Gasteiger partial charge in [0.05, 0.1) is 12.9 Å². The molecule has 0 fully saturated rings. The van der Waals surface area contributed by atoms with Gasteiger partial charge in [-0.15, -0.1) is 0 Å². The third-order valence-electron chi connectivity index (χ3n) is 4.20. The number of nitrogens with one attached hydrogen (secondary N) is 1. The summed E-state index contributed by atoms with van der Waals surface area (Å²) in [6.07, 6.45) is 6.31. The minimum atomic E-state index is 0.0271. The predicted octanol–water partition coefficient (Wildman–Crippen LogP) is 3.13. The molecular formula is C20H23N3O. The first-order valence-electron chi connectivity index (χ1n) is 8.25. The van der Waals surface area contributed by atoms with Gasteiger partial charge in [-0.25, -0.2) is 4.98 Å². The van der Waals surface area contributed by atoms with Crippen molar-refractivity contribution in [3.63, 3.8) is 0 Å². The van der Waals surface area contributed by atoms with E-state index in [2.05, 4.69) is 47.6 Å². The van der Waals surface area contributed by atoms with Gasteiger partial charge in [-0.3, -0.25) is 0 Å². The summed E-state index contributed by atoms with van der Waals surface area (Å²) in [6.45, 7) is 2.24. The molecule has 0 aliphatic rings. The fourth-order valence-electron chi connectivity index (χ4n) is 2.89. The van der Waals surface area contributed by atoms with E-state index in [1.807, 2.05) is 35.0 Å². The Morgan fingerprint density at radius 3 is 2.67 bits per heavy atom. The monoisotopic (exact) mass is 321 g/mol. The molecule has 0 aliphatic heterocycles. The van der Waals surface area contributed by atoms with E-state index < -0.39 is 0 Å². The van der Waals surface area contributed by atoms with E-state index >= 15 is 0 Å². The van der Waals surface area contributed by atoms with Crippen molar-refractivity contribution in [3.05, 3.63) is 84.4 Å².